The minimum absolute atomic E-state index is 0.234. The van der Waals surface area contributed by atoms with Gasteiger partial charge in [0.2, 0.25) is 5.91 Å². The fraction of sp³-hybridized carbons (Fsp3) is 0.364. The number of hydrogen-bond donors (Lipinski definition) is 2. The molecule has 1 aromatic carbocycles. The highest BCUT2D eigenvalue weighted by Gasteiger charge is 2.04. The van der Waals surface area contributed by atoms with Crippen LogP contribution in [0, 0.1) is 0 Å². The molecule has 15 heavy (non-hydrogen) atoms. The number of halogens is 1. The predicted octanol–water partition coefficient (Wildman–Crippen LogP) is 1.98. The summed E-state index contributed by atoms with van der Waals surface area (Å²) in [5.74, 6) is -0.273. The second kappa shape index (κ2) is 5.88. The van der Waals surface area contributed by atoms with E-state index in [-0.39, 0.29) is 11.9 Å². The molecule has 0 aliphatic heterocycles. The Kier molecular flexibility index (Phi) is 4.78. The quantitative estimate of drug-likeness (QED) is 0.860. The van der Waals surface area contributed by atoms with E-state index in [4.69, 9.17) is 5.73 Å². The van der Waals surface area contributed by atoms with Crippen LogP contribution in [0.4, 0.5) is 0 Å². The summed E-state index contributed by atoms with van der Waals surface area (Å²) >= 11 is 3.38. The van der Waals surface area contributed by atoms with Crippen LogP contribution < -0.4 is 11.1 Å². The summed E-state index contributed by atoms with van der Waals surface area (Å²) in [5.41, 5.74) is 6.25. The maximum absolute atomic E-state index is 10.5. The average molecular weight is 271 g/mol. The van der Waals surface area contributed by atoms with E-state index >= 15 is 0 Å². The molecule has 82 valence electrons. The van der Waals surface area contributed by atoms with Crippen LogP contribution in [0.25, 0.3) is 0 Å². The molecule has 0 aromatic heterocycles. The summed E-state index contributed by atoms with van der Waals surface area (Å²) in [5, 5.41) is 3.23. The van der Waals surface area contributed by atoms with Gasteiger partial charge in [-0.05, 0) is 24.6 Å². The summed E-state index contributed by atoms with van der Waals surface area (Å²) < 4.78 is 1.07. The molecule has 3 nitrogen and oxygen atoms in total. The van der Waals surface area contributed by atoms with E-state index in [0.717, 1.165) is 4.47 Å². The van der Waals surface area contributed by atoms with Gasteiger partial charge in [-0.2, -0.15) is 0 Å². The lowest BCUT2D eigenvalue weighted by molar-refractivity contribution is -0.117. The summed E-state index contributed by atoms with van der Waals surface area (Å²) in [6.07, 6.45) is 0.376. The zero-order valence-corrected chi connectivity index (χ0v) is 10.3. The van der Waals surface area contributed by atoms with E-state index in [1.54, 1.807) is 0 Å². The first-order valence-electron chi connectivity index (χ1n) is 4.86. The van der Waals surface area contributed by atoms with Crippen molar-refractivity contribution in [3.8, 4) is 0 Å². The summed E-state index contributed by atoms with van der Waals surface area (Å²) in [6, 6.07) is 8.33. The Bertz CT molecular complexity index is 324. The highest BCUT2D eigenvalue weighted by Crippen LogP contribution is 2.16. The molecule has 1 atom stereocenters. The Morgan fingerprint density at radius 2 is 2.07 bits per heavy atom. The fourth-order valence-corrected chi connectivity index (χ4v) is 1.55. The standard InChI is InChI=1S/C11H15BrN2O/c1-8(14-7-6-11(13)15)9-2-4-10(12)5-3-9/h2-5,8,14H,6-7H2,1H3,(H2,13,15). The van der Waals surface area contributed by atoms with Crippen molar-refractivity contribution < 1.29 is 4.79 Å². The number of rotatable bonds is 5. The SMILES string of the molecule is CC(NCCC(N)=O)c1ccc(Br)cc1. The van der Waals surface area contributed by atoms with Crippen molar-refractivity contribution in [3.63, 3.8) is 0 Å². The van der Waals surface area contributed by atoms with Gasteiger partial charge in [0.25, 0.3) is 0 Å². The summed E-state index contributed by atoms with van der Waals surface area (Å²) in [4.78, 5) is 10.5. The molecule has 0 heterocycles. The molecule has 1 unspecified atom stereocenters. The van der Waals surface area contributed by atoms with Crippen LogP contribution in [0.15, 0.2) is 28.7 Å². The number of nitrogens with two attached hydrogens (primary N) is 1. The average Bonchev–Trinajstić information content (AvgIpc) is 2.18. The van der Waals surface area contributed by atoms with Gasteiger partial charge in [0.1, 0.15) is 0 Å². The maximum Gasteiger partial charge on any atom is 0.218 e. The Morgan fingerprint density at radius 1 is 1.47 bits per heavy atom. The Morgan fingerprint density at radius 3 is 2.60 bits per heavy atom. The van der Waals surface area contributed by atoms with Crippen molar-refractivity contribution in [1.82, 2.24) is 5.32 Å². The molecule has 0 radical (unpaired) electrons. The van der Waals surface area contributed by atoms with Gasteiger partial charge in [0.05, 0.1) is 0 Å². The van der Waals surface area contributed by atoms with Crippen molar-refractivity contribution in [1.29, 1.82) is 0 Å². The number of benzene rings is 1. The molecule has 1 amide bonds. The second-order valence-corrected chi connectivity index (χ2v) is 4.36. The van der Waals surface area contributed by atoms with E-state index in [1.165, 1.54) is 5.56 Å². The van der Waals surface area contributed by atoms with Crippen LogP contribution in [0.2, 0.25) is 0 Å². The minimum atomic E-state index is -0.273. The number of carbonyl (C=O) groups excluding carboxylic acids is 1. The van der Waals surface area contributed by atoms with Crippen molar-refractivity contribution in [2.75, 3.05) is 6.54 Å². The molecule has 0 aliphatic carbocycles. The largest absolute Gasteiger partial charge is 0.370 e. The molecular weight excluding hydrogens is 256 g/mol. The first-order valence-corrected chi connectivity index (χ1v) is 5.66. The van der Waals surface area contributed by atoms with Crippen LogP contribution in [-0.4, -0.2) is 12.5 Å². The number of carbonyl (C=O) groups is 1. The van der Waals surface area contributed by atoms with Crippen LogP contribution in [0.1, 0.15) is 24.9 Å². The van der Waals surface area contributed by atoms with Gasteiger partial charge < -0.3 is 11.1 Å². The van der Waals surface area contributed by atoms with Gasteiger partial charge in [-0.1, -0.05) is 28.1 Å². The van der Waals surface area contributed by atoms with E-state index in [1.807, 2.05) is 24.3 Å². The molecule has 1 rings (SSSR count). The highest BCUT2D eigenvalue weighted by molar-refractivity contribution is 9.10. The maximum atomic E-state index is 10.5. The first kappa shape index (κ1) is 12.2. The topological polar surface area (TPSA) is 55.1 Å². The molecular formula is C11H15BrN2O. The number of hydrogen-bond acceptors (Lipinski definition) is 2. The smallest absolute Gasteiger partial charge is 0.218 e. The molecule has 4 heteroatoms. The minimum Gasteiger partial charge on any atom is -0.370 e. The third-order valence-electron chi connectivity index (χ3n) is 2.19. The zero-order chi connectivity index (χ0) is 11.3. The summed E-state index contributed by atoms with van der Waals surface area (Å²) in [7, 11) is 0. The van der Waals surface area contributed by atoms with Gasteiger partial charge in [0.15, 0.2) is 0 Å². The predicted molar refractivity (Wildman–Crippen MR) is 64.4 cm³/mol. The van der Waals surface area contributed by atoms with Crippen LogP contribution in [0.3, 0.4) is 0 Å². The van der Waals surface area contributed by atoms with Crippen LogP contribution in [-0.2, 0) is 4.79 Å². The van der Waals surface area contributed by atoms with Gasteiger partial charge in [0, 0.05) is 23.5 Å². The van der Waals surface area contributed by atoms with Crippen molar-refractivity contribution in [2.45, 2.75) is 19.4 Å². The molecule has 3 N–H and O–H groups in total. The highest BCUT2D eigenvalue weighted by atomic mass is 79.9. The third-order valence-corrected chi connectivity index (χ3v) is 2.72. The lowest BCUT2D eigenvalue weighted by Crippen LogP contribution is -2.24. The van der Waals surface area contributed by atoms with E-state index in [2.05, 4.69) is 28.2 Å². The van der Waals surface area contributed by atoms with E-state index in [9.17, 15) is 4.79 Å². The number of primary amides is 1. The van der Waals surface area contributed by atoms with Crippen molar-refractivity contribution in [2.24, 2.45) is 5.73 Å². The number of amides is 1. The van der Waals surface area contributed by atoms with Crippen LogP contribution >= 0.6 is 15.9 Å². The molecule has 0 bridgehead atoms. The second-order valence-electron chi connectivity index (χ2n) is 3.44. The van der Waals surface area contributed by atoms with Gasteiger partial charge >= 0.3 is 0 Å². The lowest BCUT2D eigenvalue weighted by atomic mass is 10.1. The first-order chi connectivity index (χ1) is 7.09. The van der Waals surface area contributed by atoms with Gasteiger partial charge in [-0.3, -0.25) is 4.79 Å². The van der Waals surface area contributed by atoms with Gasteiger partial charge in [-0.15, -0.1) is 0 Å². The van der Waals surface area contributed by atoms with Crippen LogP contribution in [0.5, 0.6) is 0 Å². The lowest BCUT2D eigenvalue weighted by Gasteiger charge is -2.13. The van der Waals surface area contributed by atoms with E-state index < -0.39 is 0 Å². The zero-order valence-electron chi connectivity index (χ0n) is 8.66. The fourth-order valence-electron chi connectivity index (χ4n) is 1.28. The molecule has 0 aliphatic rings. The molecule has 0 saturated heterocycles. The van der Waals surface area contributed by atoms with Gasteiger partial charge in [-0.25, -0.2) is 0 Å². The summed E-state index contributed by atoms with van der Waals surface area (Å²) in [6.45, 7) is 2.68. The van der Waals surface area contributed by atoms with E-state index in [0.29, 0.717) is 13.0 Å². The monoisotopic (exact) mass is 270 g/mol. The number of nitrogens with one attached hydrogen (secondary N) is 1. The molecule has 0 saturated carbocycles. The van der Waals surface area contributed by atoms with Crippen molar-refractivity contribution >= 4 is 21.8 Å². The normalized spacial score (nSPS) is 12.4. The Hall–Kier alpha value is -0.870. The Balaban J connectivity index is 2.43. The molecule has 1 aromatic rings. The molecule has 0 fully saturated rings. The van der Waals surface area contributed by atoms with Crippen molar-refractivity contribution in [3.05, 3.63) is 34.3 Å². The molecule has 0 spiro atoms. The third kappa shape index (κ3) is 4.44. The Labute approximate surface area is 98.2 Å².